The summed E-state index contributed by atoms with van der Waals surface area (Å²) in [6, 6.07) is 16.8. The van der Waals surface area contributed by atoms with Crippen LogP contribution in [0, 0.1) is 0 Å². The van der Waals surface area contributed by atoms with E-state index in [1.807, 2.05) is 55.5 Å². The van der Waals surface area contributed by atoms with Gasteiger partial charge in [-0.2, -0.15) is 4.98 Å². The van der Waals surface area contributed by atoms with Crippen LogP contribution in [0.15, 0.2) is 54.6 Å². The highest BCUT2D eigenvalue weighted by Crippen LogP contribution is 2.35. The van der Waals surface area contributed by atoms with Crippen LogP contribution >= 0.6 is 0 Å². The van der Waals surface area contributed by atoms with Crippen LogP contribution in [-0.2, 0) is 0 Å². The number of hydrogen-bond donors (Lipinski definition) is 1. The fourth-order valence-corrected chi connectivity index (χ4v) is 2.68. The molecule has 6 nitrogen and oxygen atoms in total. The predicted octanol–water partition coefficient (Wildman–Crippen LogP) is 3.64. The third-order valence-electron chi connectivity index (χ3n) is 3.70. The highest BCUT2D eigenvalue weighted by Gasteiger charge is 2.26. The molecule has 3 rings (SSSR count). The zero-order valence-corrected chi connectivity index (χ0v) is 14.0. The molecule has 0 aliphatic rings. The fourth-order valence-electron chi connectivity index (χ4n) is 2.68. The number of rotatable bonds is 6. The van der Waals surface area contributed by atoms with Crippen LogP contribution in [0.5, 0.6) is 11.8 Å². The lowest BCUT2D eigenvalue weighted by Crippen LogP contribution is -2.05. The minimum Gasteiger partial charge on any atom is -0.495 e. The number of aromatic carboxylic acids is 1. The smallest absolute Gasteiger partial charge is 0.356 e. The first-order valence-electron chi connectivity index (χ1n) is 7.85. The van der Waals surface area contributed by atoms with Gasteiger partial charge in [0.15, 0.2) is 5.69 Å². The average Bonchev–Trinajstić information content (AvgIpc) is 3.02. The van der Waals surface area contributed by atoms with Crippen LogP contribution in [0.2, 0.25) is 0 Å². The number of para-hydroxylation sites is 2. The first-order valence-corrected chi connectivity index (χ1v) is 7.85. The van der Waals surface area contributed by atoms with Crippen molar-refractivity contribution in [3.8, 4) is 28.7 Å². The third-order valence-corrected chi connectivity index (χ3v) is 3.70. The molecule has 0 saturated heterocycles. The Kier molecular flexibility index (Phi) is 4.70. The van der Waals surface area contributed by atoms with Crippen LogP contribution in [-0.4, -0.2) is 34.3 Å². The zero-order chi connectivity index (χ0) is 17.8. The summed E-state index contributed by atoms with van der Waals surface area (Å²) in [5, 5.41) is 9.64. The molecule has 6 heteroatoms. The van der Waals surface area contributed by atoms with Crippen molar-refractivity contribution in [1.29, 1.82) is 0 Å². The van der Waals surface area contributed by atoms with Crippen molar-refractivity contribution in [2.24, 2.45) is 0 Å². The molecule has 128 valence electrons. The largest absolute Gasteiger partial charge is 0.495 e. The third kappa shape index (κ3) is 3.06. The molecule has 1 N–H and O–H groups in total. The Morgan fingerprint density at radius 1 is 1.12 bits per heavy atom. The maximum atomic E-state index is 11.8. The van der Waals surface area contributed by atoms with Gasteiger partial charge >= 0.3 is 12.0 Å². The summed E-state index contributed by atoms with van der Waals surface area (Å²) in [4.78, 5) is 16.0. The second-order valence-electron chi connectivity index (χ2n) is 5.20. The normalized spacial score (nSPS) is 10.5. The standard InChI is InChI=1S/C19H18N2O4/c1-3-25-19-20-16(18(22)23)17(13-9-5-4-6-10-13)21(19)14-11-7-8-12-15(14)24-2/h4-12H,3H2,1-2H3,(H,22,23). The van der Waals surface area contributed by atoms with Gasteiger partial charge in [0.25, 0.3) is 0 Å². The van der Waals surface area contributed by atoms with Gasteiger partial charge in [0.1, 0.15) is 5.75 Å². The first-order chi connectivity index (χ1) is 12.2. The van der Waals surface area contributed by atoms with Gasteiger partial charge in [0, 0.05) is 5.56 Å². The number of carboxylic acids is 1. The molecule has 0 unspecified atom stereocenters. The predicted molar refractivity (Wildman–Crippen MR) is 93.7 cm³/mol. The summed E-state index contributed by atoms with van der Waals surface area (Å²) in [5.74, 6) is -0.525. The molecule has 2 aromatic carbocycles. The lowest BCUT2D eigenvalue weighted by Gasteiger charge is -2.15. The number of nitrogens with zero attached hydrogens (tertiary/aromatic N) is 2. The molecule has 0 spiro atoms. The molecule has 1 heterocycles. The van der Waals surface area contributed by atoms with Crippen molar-refractivity contribution in [1.82, 2.24) is 9.55 Å². The summed E-state index contributed by atoms with van der Waals surface area (Å²) in [6.45, 7) is 2.18. The second kappa shape index (κ2) is 7.09. The Morgan fingerprint density at radius 2 is 1.80 bits per heavy atom. The van der Waals surface area contributed by atoms with E-state index in [1.54, 1.807) is 17.7 Å². The Hall–Kier alpha value is -3.28. The Morgan fingerprint density at radius 3 is 2.44 bits per heavy atom. The van der Waals surface area contributed by atoms with E-state index < -0.39 is 5.97 Å². The van der Waals surface area contributed by atoms with Gasteiger partial charge in [0.2, 0.25) is 0 Å². The SMILES string of the molecule is CCOc1nc(C(=O)O)c(-c2ccccc2)n1-c1ccccc1OC. The molecule has 0 amide bonds. The van der Waals surface area contributed by atoms with E-state index in [0.29, 0.717) is 23.7 Å². The molecule has 0 saturated carbocycles. The van der Waals surface area contributed by atoms with Crippen molar-refractivity contribution in [3.63, 3.8) is 0 Å². The highest BCUT2D eigenvalue weighted by atomic mass is 16.5. The van der Waals surface area contributed by atoms with Crippen molar-refractivity contribution in [2.75, 3.05) is 13.7 Å². The van der Waals surface area contributed by atoms with Crippen LogP contribution in [0.25, 0.3) is 16.9 Å². The molecule has 25 heavy (non-hydrogen) atoms. The average molecular weight is 338 g/mol. The zero-order valence-electron chi connectivity index (χ0n) is 14.0. The minimum atomic E-state index is -1.12. The number of carbonyl (C=O) groups is 1. The summed E-state index contributed by atoms with van der Waals surface area (Å²) < 4.78 is 12.7. The first kappa shape index (κ1) is 16.6. The van der Waals surface area contributed by atoms with Gasteiger partial charge in [-0.3, -0.25) is 4.57 Å². The number of ether oxygens (including phenoxy) is 2. The maximum absolute atomic E-state index is 11.8. The maximum Gasteiger partial charge on any atom is 0.356 e. The molecule has 0 aliphatic carbocycles. The number of carboxylic acid groups (broad SMARTS) is 1. The van der Waals surface area contributed by atoms with E-state index in [9.17, 15) is 9.90 Å². The van der Waals surface area contributed by atoms with E-state index in [4.69, 9.17) is 9.47 Å². The quantitative estimate of drug-likeness (QED) is 0.743. The fraction of sp³-hybridized carbons (Fsp3) is 0.158. The molecule has 0 radical (unpaired) electrons. The molecule has 0 bridgehead atoms. The molecular formula is C19H18N2O4. The minimum absolute atomic E-state index is 0.0689. The van der Waals surface area contributed by atoms with Gasteiger partial charge in [-0.15, -0.1) is 0 Å². The monoisotopic (exact) mass is 338 g/mol. The van der Waals surface area contributed by atoms with Crippen LogP contribution in [0.3, 0.4) is 0 Å². The lowest BCUT2D eigenvalue weighted by atomic mass is 10.1. The van der Waals surface area contributed by atoms with E-state index in [2.05, 4.69) is 4.98 Å². The number of aromatic nitrogens is 2. The van der Waals surface area contributed by atoms with Gasteiger partial charge < -0.3 is 14.6 Å². The van der Waals surface area contributed by atoms with Crippen LogP contribution < -0.4 is 9.47 Å². The number of methoxy groups -OCH3 is 1. The van der Waals surface area contributed by atoms with E-state index in [0.717, 1.165) is 5.56 Å². The van der Waals surface area contributed by atoms with Gasteiger partial charge in [-0.1, -0.05) is 42.5 Å². The molecule has 0 aliphatic heterocycles. The topological polar surface area (TPSA) is 73.6 Å². The molecule has 1 aromatic heterocycles. The van der Waals surface area contributed by atoms with Gasteiger partial charge in [-0.25, -0.2) is 4.79 Å². The molecule has 3 aromatic rings. The van der Waals surface area contributed by atoms with Gasteiger partial charge in [0.05, 0.1) is 25.1 Å². The van der Waals surface area contributed by atoms with Crippen molar-refractivity contribution in [3.05, 3.63) is 60.3 Å². The Balaban J connectivity index is 2.37. The Bertz CT molecular complexity index is 888. The molecular weight excluding hydrogens is 320 g/mol. The molecule has 0 fully saturated rings. The number of benzene rings is 2. The summed E-state index contributed by atoms with van der Waals surface area (Å²) in [7, 11) is 1.57. The van der Waals surface area contributed by atoms with E-state index >= 15 is 0 Å². The van der Waals surface area contributed by atoms with E-state index in [1.165, 1.54) is 0 Å². The Labute approximate surface area is 145 Å². The second-order valence-corrected chi connectivity index (χ2v) is 5.20. The number of hydrogen-bond acceptors (Lipinski definition) is 4. The molecule has 0 atom stereocenters. The van der Waals surface area contributed by atoms with Crippen LogP contribution in [0.1, 0.15) is 17.4 Å². The van der Waals surface area contributed by atoms with Crippen molar-refractivity contribution in [2.45, 2.75) is 6.92 Å². The number of imidazole rings is 1. The highest BCUT2D eigenvalue weighted by molar-refractivity contribution is 5.94. The van der Waals surface area contributed by atoms with Crippen molar-refractivity contribution >= 4 is 5.97 Å². The summed E-state index contributed by atoms with van der Waals surface area (Å²) in [5.41, 5.74) is 1.76. The van der Waals surface area contributed by atoms with E-state index in [-0.39, 0.29) is 11.7 Å². The summed E-state index contributed by atoms with van der Waals surface area (Å²) >= 11 is 0. The summed E-state index contributed by atoms with van der Waals surface area (Å²) in [6.07, 6.45) is 0. The van der Waals surface area contributed by atoms with Crippen molar-refractivity contribution < 1.29 is 19.4 Å². The lowest BCUT2D eigenvalue weighted by molar-refractivity contribution is 0.0691. The van der Waals surface area contributed by atoms with Crippen LogP contribution in [0.4, 0.5) is 0 Å². The van der Waals surface area contributed by atoms with Gasteiger partial charge in [-0.05, 0) is 19.1 Å².